The Morgan fingerprint density at radius 2 is 1.73 bits per heavy atom. The molecule has 1 saturated heterocycles. The van der Waals surface area contributed by atoms with Gasteiger partial charge in [-0.2, -0.15) is 0 Å². The van der Waals surface area contributed by atoms with Gasteiger partial charge in [-0.15, -0.1) is 0 Å². The minimum atomic E-state index is -2.24. The maximum absolute atomic E-state index is 13.7. The SMILES string of the molecule is CC[Si](CC)(CC)O[C@H]1C(=O)[C@H](CC(=O)OC)[C@@]2(C)C(=O)C=C[C@@]3(C)C(=O)O[C@@H]1[C@H]23. The molecule has 6 atom stereocenters. The second-order valence-corrected chi connectivity index (χ2v) is 13.9. The third-order valence-corrected chi connectivity index (χ3v) is 12.6. The average molecular weight is 437 g/mol. The summed E-state index contributed by atoms with van der Waals surface area (Å²) in [7, 11) is -0.983. The molecule has 2 aliphatic carbocycles. The maximum Gasteiger partial charge on any atom is 0.316 e. The zero-order chi connectivity index (χ0) is 22.5. The van der Waals surface area contributed by atoms with Gasteiger partial charge in [0.15, 0.2) is 19.9 Å². The quantitative estimate of drug-likeness (QED) is 0.447. The second kappa shape index (κ2) is 7.71. The summed E-state index contributed by atoms with van der Waals surface area (Å²) in [5.41, 5.74) is -2.28. The minimum Gasteiger partial charge on any atom is -0.469 e. The Hall–Kier alpha value is -1.80. The van der Waals surface area contributed by atoms with Gasteiger partial charge in [-0.1, -0.05) is 33.8 Å². The Morgan fingerprint density at radius 1 is 1.13 bits per heavy atom. The molecule has 166 valence electrons. The highest BCUT2D eigenvalue weighted by atomic mass is 28.4. The van der Waals surface area contributed by atoms with Crippen LogP contribution in [-0.2, 0) is 33.1 Å². The summed E-state index contributed by atoms with van der Waals surface area (Å²) in [6.07, 6.45) is 0.935. The number of hydrogen-bond donors (Lipinski definition) is 0. The standard InChI is InChI=1S/C22H32O7Si/c1-7-30(8-2,9-3)29-17-16(25)13(12-15(24)27-6)22(5)14(23)10-11-21(4)19(22)18(17)28-20(21)26/h10-11,13,17-19H,7-9,12H2,1-6H3/t13-,17-,18-,19-,21+,22-/m0/s1. The van der Waals surface area contributed by atoms with Crippen LogP contribution in [0.3, 0.4) is 0 Å². The van der Waals surface area contributed by atoms with Crippen molar-refractivity contribution in [3.05, 3.63) is 12.2 Å². The number of carbonyl (C=O) groups is 4. The second-order valence-electron chi connectivity index (χ2n) is 9.13. The van der Waals surface area contributed by atoms with Gasteiger partial charge in [-0.05, 0) is 31.1 Å². The van der Waals surface area contributed by atoms with Crippen LogP contribution in [0.1, 0.15) is 41.0 Å². The first-order valence-corrected chi connectivity index (χ1v) is 13.3. The third-order valence-electron chi connectivity index (χ3n) is 7.97. The Labute approximate surface area is 178 Å². The zero-order valence-electron chi connectivity index (χ0n) is 18.7. The van der Waals surface area contributed by atoms with Crippen molar-refractivity contribution in [2.45, 2.75) is 71.4 Å². The van der Waals surface area contributed by atoms with Crippen LogP contribution >= 0.6 is 0 Å². The molecule has 0 radical (unpaired) electrons. The molecule has 30 heavy (non-hydrogen) atoms. The molecule has 0 aromatic rings. The molecule has 0 bridgehead atoms. The van der Waals surface area contributed by atoms with Crippen molar-refractivity contribution < 1.29 is 33.1 Å². The molecule has 0 aromatic carbocycles. The van der Waals surface area contributed by atoms with Crippen molar-refractivity contribution in [1.82, 2.24) is 0 Å². The fourth-order valence-electron chi connectivity index (χ4n) is 5.74. The Morgan fingerprint density at radius 3 is 2.27 bits per heavy atom. The van der Waals surface area contributed by atoms with Crippen LogP contribution in [0, 0.1) is 22.7 Å². The lowest BCUT2D eigenvalue weighted by molar-refractivity contribution is -0.172. The Kier molecular flexibility index (Phi) is 5.88. The largest absolute Gasteiger partial charge is 0.469 e. The number of allylic oxidation sites excluding steroid dienone is 1. The monoisotopic (exact) mass is 436 g/mol. The van der Waals surface area contributed by atoms with Gasteiger partial charge in [-0.3, -0.25) is 19.2 Å². The van der Waals surface area contributed by atoms with E-state index in [9.17, 15) is 19.2 Å². The van der Waals surface area contributed by atoms with Gasteiger partial charge in [0, 0.05) is 17.3 Å². The van der Waals surface area contributed by atoms with Crippen LogP contribution in [0.25, 0.3) is 0 Å². The summed E-state index contributed by atoms with van der Waals surface area (Å²) in [5, 5.41) is 0. The van der Waals surface area contributed by atoms with E-state index < -0.39 is 55.1 Å². The summed E-state index contributed by atoms with van der Waals surface area (Å²) in [4.78, 5) is 51.9. The third kappa shape index (κ3) is 3.02. The van der Waals surface area contributed by atoms with Gasteiger partial charge in [0.25, 0.3) is 0 Å². The number of ether oxygens (including phenoxy) is 2. The molecule has 2 fully saturated rings. The van der Waals surface area contributed by atoms with E-state index in [1.54, 1.807) is 19.9 Å². The first-order chi connectivity index (χ1) is 14.0. The summed E-state index contributed by atoms with van der Waals surface area (Å²) >= 11 is 0. The van der Waals surface area contributed by atoms with Crippen LogP contribution in [0.5, 0.6) is 0 Å². The van der Waals surface area contributed by atoms with E-state index in [1.165, 1.54) is 13.2 Å². The van der Waals surface area contributed by atoms with Gasteiger partial charge < -0.3 is 13.9 Å². The number of carbonyl (C=O) groups excluding carboxylic acids is 4. The van der Waals surface area contributed by atoms with Crippen LogP contribution in [0.2, 0.25) is 18.1 Å². The molecule has 1 aliphatic heterocycles. The fraction of sp³-hybridized carbons (Fsp3) is 0.727. The van der Waals surface area contributed by atoms with Crippen molar-refractivity contribution in [3.63, 3.8) is 0 Å². The molecular weight excluding hydrogens is 404 g/mol. The molecule has 1 heterocycles. The van der Waals surface area contributed by atoms with Crippen molar-refractivity contribution in [2.75, 3.05) is 7.11 Å². The Balaban J connectivity index is 2.15. The van der Waals surface area contributed by atoms with Gasteiger partial charge in [0.2, 0.25) is 0 Å². The molecular formula is C22H32O7Si. The Bertz CT molecular complexity index is 793. The summed E-state index contributed by atoms with van der Waals surface area (Å²) in [6, 6.07) is 2.47. The van der Waals surface area contributed by atoms with Gasteiger partial charge >= 0.3 is 11.9 Å². The van der Waals surface area contributed by atoms with Gasteiger partial charge in [-0.25, -0.2) is 0 Å². The number of methoxy groups -OCH3 is 1. The highest BCUT2D eigenvalue weighted by Gasteiger charge is 2.72. The molecule has 0 N–H and O–H groups in total. The summed E-state index contributed by atoms with van der Waals surface area (Å²) in [6.45, 7) is 9.59. The minimum absolute atomic E-state index is 0.225. The number of Topliss-reactive ketones (excluding diaryl/α,β-unsaturated/α-hetero) is 1. The van der Waals surface area contributed by atoms with Gasteiger partial charge in [0.05, 0.1) is 18.9 Å². The van der Waals surface area contributed by atoms with Crippen LogP contribution in [-0.4, -0.2) is 51.1 Å². The highest BCUT2D eigenvalue weighted by Crippen LogP contribution is 2.61. The molecule has 0 unspecified atom stereocenters. The number of rotatable bonds is 7. The molecule has 3 rings (SSSR count). The average Bonchev–Trinajstić information content (AvgIpc) is 3.01. The predicted molar refractivity (Wildman–Crippen MR) is 111 cm³/mol. The fourth-order valence-corrected chi connectivity index (χ4v) is 8.53. The highest BCUT2D eigenvalue weighted by molar-refractivity contribution is 6.73. The van der Waals surface area contributed by atoms with Crippen LogP contribution in [0.4, 0.5) is 0 Å². The molecule has 8 heteroatoms. The van der Waals surface area contributed by atoms with Crippen molar-refractivity contribution >= 4 is 31.8 Å². The first kappa shape index (κ1) is 22.9. The van der Waals surface area contributed by atoms with Crippen LogP contribution < -0.4 is 0 Å². The molecule has 3 aliphatic rings. The van der Waals surface area contributed by atoms with Crippen LogP contribution in [0.15, 0.2) is 12.2 Å². The first-order valence-electron chi connectivity index (χ1n) is 10.8. The van der Waals surface area contributed by atoms with Gasteiger partial charge in [0.1, 0.15) is 12.2 Å². The molecule has 7 nitrogen and oxygen atoms in total. The van der Waals surface area contributed by atoms with Crippen molar-refractivity contribution in [1.29, 1.82) is 0 Å². The molecule has 1 saturated carbocycles. The number of hydrogen-bond acceptors (Lipinski definition) is 7. The number of esters is 2. The summed E-state index contributed by atoms with van der Waals surface area (Å²) < 4.78 is 17.1. The lowest BCUT2D eigenvalue weighted by Crippen LogP contribution is -2.65. The smallest absolute Gasteiger partial charge is 0.316 e. The maximum atomic E-state index is 13.7. The lowest BCUT2D eigenvalue weighted by Gasteiger charge is -2.53. The summed E-state index contributed by atoms with van der Waals surface area (Å²) in [5.74, 6) is -3.13. The normalized spacial score (nSPS) is 37.7. The van der Waals surface area contributed by atoms with Crippen molar-refractivity contribution in [3.8, 4) is 0 Å². The van der Waals surface area contributed by atoms with E-state index in [2.05, 4.69) is 20.8 Å². The lowest BCUT2D eigenvalue weighted by atomic mass is 9.48. The van der Waals surface area contributed by atoms with E-state index in [1.807, 2.05) is 0 Å². The predicted octanol–water partition coefficient (Wildman–Crippen LogP) is 2.83. The van der Waals surface area contributed by atoms with E-state index in [-0.39, 0.29) is 18.0 Å². The number of ketones is 2. The van der Waals surface area contributed by atoms with E-state index in [4.69, 9.17) is 13.9 Å². The molecule has 0 aromatic heterocycles. The topological polar surface area (TPSA) is 96.0 Å². The van der Waals surface area contributed by atoms with Crippen molar-refractivity contribution in [2.24, 2.45) is 22.7 Å². The van der Waals surface area contributed by atoms with E-state index in [0.29, 0.717) is 0 Å². The molecule has 0 amide bonds. The molecule has 0 spiro atoms. The van der Waals surface area contributed by atoms with E-state index in [0.717, 1.165) is 18.1 Å². The zero-order valence-corrected chi connectivity index (χ0v) is 19.7. The van der Waals surface area contributed by atoms with E-state index >= 15 is 0 Å².